The third-order valence-electron chi connectivity index (χ3n) is 3.77. The Bertz CT molecular complexity index is 1090. The Morgan fingerprint density at radius 2 is 2.12 bits per heavy atom. The van der Waals surface area contributed by atoms with Gasteiger partial charge in [-0.3, -0.25) is 9.97 Å². The van der Waals surface area contributed by atoms with Gasteiger partial charge >= 0.3 is 5.97 Å². The van der Waals surface area contributed by atoms with Crippen molar-refractivity contribution in [3.63, 3.8) is 0 Å². The second-order valence-corrected chi connectivity index (χ2v) is 5.39. The number of fused-ring (bicyclic) bond motifs is 3. The highest BCUT2D eigenvalue weighted by Gasteiger charge is 2.17. The first-order valence-corrected chi connectivity index (χ1v) is 7.31. The normalized spacial score (nSPS) is 11.0. The molecule has 24 heavy (non-hydrogen) atoms. The number of anilines is 2. The number of pyridine rings is 2. The quantitative estimate of drug-likeness (QED) is 0.603. The summed E-state index contributed by atoms with van der Waals surface area (Å²) in [5.74, 6) is -0.529. The summed E-state index contributed by atoms with van der Waals surface area (Å²) in [6.07, 6.45) is 6.73. The van der Waals surface area contributed by atoms with Crippen molar-refractivity contribution in [1.29, 1.82) is 0 Å². The Hall–Kier alpha value is -3.48. The first kappa shape index (κ1) is 14.1. The van der Waals surface area contributed by atoms with Crippen LogP contribution in [0.4, 0.5) is 11.5 Å². The van der Waals surface area contributed by atoms with E-state index >= 15 is 0 Å². The Morgan fingerprint density at radius 3 is 2.92 bits per heavy atom. The van der Waals surface area contributed by atoms with Gasteiger partial charge in [0.15, 0.2) is 5.82 Å². The average Bonchev–Trinajstić information content (AvgIpc) is 3.01. The molecule has 118 valence electrons. The highest BCUT2D eigenvalue weighted by Crippen LogP contribution is 2.28. The monoisotopic (exact) mass is 319 g/mol. The van der Waals surface area contributed by atoms with Crippen LogP contribution in [0.1, 0.15) is 16.1 Å². The summed E-state index contributed by atoms with van der Waals surface area (Å²) in [6.45, 7) is 1.89. The van der Waals surface area contributed by atoms with E-state index < -0.39 is 5.97 Å². The maximum atomic E-state index is 11.6. The molecule has 0 atom stereocenters. The maximum Gasteiger partial charge on any atom is 0.338 e. The van der Waals surface area contributed by atoms with Crippen molar-refractivity contribution in [2.75, 3.05) is 5.32 Å². The minimum atomic E-state index is -1.00. The van der Waals surface area contributed by atoms with Gasteiger partial charge in [0, 0.05) is 30.0 Å². The molecule has 0 spiro atoms. The zero-order valence-electron chi connectivity index (χ0n) is 12.8. The van der Waals surface area contributed by atoms with E-state index in [1.165, 1.54) is 0 Å². The van der Waals surface area contributed by atoms with Gasteiger partial charge in [-0.05, 0) is 31.2 Å². The summed E-state index contributed by atoms with van der Waals surface area (Å²) in [6, 6.07) is 7.04. The Kier molecular flexibility index (Phi) is 3.13. The summed E-state index contributed by atoms with van der Waals surface area (Å²) in [4.78, 5) is 24.4. The third-order valence-corrected chi connectivity index (χ3v) is 3.77. The van der Waals surface area contributed by atoms with Crippen molar-refractivity contribution in [3.8, 4) is 0 Å². The number of rotatable bonds is 3. The van der Waals surface area contributed by atoms with E-state index in [1.807, 2.05) is 19.1 Å². The van der Waals surface area contributed by atoms with E-state index in [4.69, 9.17) is 0 Å². The molecule has 0 saturated heterocycles. The molecule has 0 aliphatic carbocycles. The molecule has 0 unspecified atom stereocenters. The van der Waals surface area contributed by atoms with Crippen molar-refractivity contribution in [2.45, 2.75) is 6.92 Å². The number of nitrogens with one attached hydrogen (secondary N) is 1. The number of carboxylic acid groups (broad SMARTS) is 1. The molecule has 0 aliphatic heterocycles. The van der Waals surface area contributed by atoms with Gasteiger partial charge in [0.25, 0.3) is 0 Å². The van der Waals surface area contributed by atoms with Gasteiger partial charge in [0.2, 0.25) is 0 Å². The van der Waals surface area contributed by atoms with Gasteiger partial charge in [0.05, 0.1) is 22.8 Å². The number of aryl methyl sites for hydroxylation is 1. The Morgan fingerprint density at radius 1 is 1.25 bits per heavy atom. The summed E-state index contributed by atoms with van der Waals surface area (Å²) >= 11 is 0. The summed E-state index contributed by atoms with van der Waals surface area (Å²) in [7, 11) is 0. The largest absolute Gasteiger partial charge is 0.478 e. The van der Waals surface area contributed by atoms with Crippen molar-refractivity contribution < 1.29 is 9.90 Å². The molecular weight excluding hydrogens is 306 g/mol. The average molecular weight is 319 g/mol. The zero-order chi connectivity index (χ0) is 16.7. The second kappa shape index (κ2) is 5.31. The lowest BCUT2D eigenvalue weighted by Crippen LogP contribution is -2.03. The Labute approximate surface area is 136 Å². The molecule has 4 heterocycles. The molecule has 2 N–H and O–H groups in total. The molecule has 0 radical (unpaired) electrons. The summed E-state index contributed by atoms with van der Waals surface area (Å²) in [5.41, 5.74) is 3.80. The summed E-state index contributed by atoms with van der Waals surface area (Å²) in [5, 5.41) is 12.7. The smallest absolute Gasteiger partial charge is 0.338 e. The van der Waals surface area contributed by atoms with Crippen LogP contribution in [0.3, 0.4) is 0 Å². The van der Waals surface area contributed by atoms with Crippen molar-refractivity contribution in [2.24, 2.45) is 0 Å². The SMILES string of the molecule is Cc1cc(Nc2nc3ccncc3n3ccc(C(=O)O)c23)ccn1. The lowest BCUT2D eigenvalue weighted by molar-refractivity contribution is 0.0699. The number of aromatic nitrogens is 4. The van der Waals surface area contributed by atoms with Crippen molar-refractivity contribution in [1.82, 2.24) is 19.4 Å². The van der Waals surface area contributed by atoms with E-state index in [2.05, 4.69) is 20.3 Å². The predicted octanol–water partition coefficient (Wildman–Crippen LogP) is 3.03. The molecule has 0 bridgehead atoms. The number of nitrogens with zero attached hydrogens (tertiary/aromatic N) is 4. The van der Waals surface area contributed by atoms with E-state index in [0.717, 1.165) is 22.4 Å². The van der Waals surface area contributed by atoms with Gasteiger partial charge in [-0.2, -0.15) is 0 Å². The van der Waals surface area contributed by atoms with E-state index in [-0.39, 0.29) is 5.56 Å². The number of aromatic carboxylic acids is 1. The van der Waals surface area contributed by atoms with Crippen LogP contribution >= 0.6 is 0 Å². The molecule has 0 aromatic carbocycles. The lowest BCUT2D eigenvalue weighted by Gasteiger charge is -2.11. The standard InChI is InChI=1S/C17H13N5O2/c1-10-8-11(2-6-19-10)20-16-15-12(17(23)24)4-7-22(15)14-9-18-5-3-13(14)21-16/h2-9H,1H3,(H,23,24)(H,19,20,21). The first-order chi connectivity index (χ1) is 11.6. The highest BCUT2D eigenvalue weighted by atomic mass is 16.4. The van der Waals surface area contributed by atoms with E-state index in [9.17, 15) is 9.90 Å². The maximum absolute atomic E-state index is 11.6. The van der Waals surface area contributed by atoms with Crippen LogP contribution in [0.15, 0.2) is 49.1 Å². The molecular formula is C17H13N5O2. The number of hydrogen-bond donors (Lipinski definition) is 2. The van der Waals surface area contributed by atoms with E-state index in [0.29, 0.717) is 11.3 Å². The van der Waals surface area contributed by atoms with Crippen molar-refractivity contribution in [3.05, 3.63) is 60.3 Å². The molecule has 0 saturated carbocycles. The molecule has 0 amide bonds. The lowest BCUT2D eigenvalue weighted by atomic mass is 10.2. The first-order valence-electron chi connectivity index (χ1n) is 7.31. The predicted molar refractivity (Wildman–Crippen MR) is 89.7 cm³/mol. The van der Waals surface area contributed by atoms with Gasteiger partial charge in [0.1, 0.15) is 5.52 Å². The van der Waals surface area contributed by atoms with Gasteiger partial charge in [-0.25, -0.2) is 9.78 Å². The van der Waals surface area contributed by atoms with Gasteiger partial charge in [-0.1, -0.05) is 0 Å². The van der Waals surface area contributed by atoms with Gasteiger partial charge < -0.3 is 14.8 Å². The second-order valence-electron chi connectivity index (χ2n) is 5.39. The highest BCUT2D eigenvalue weighted by molar-refractivity contribution is 6.02. The minimum absolute atomic E-state index is 0.182. The molecule has 7 nitrogen and oxygen atoms in total. The van der Waals surface area contributed by atoms with Crippen LogP contribution in [-0.4, -0.2) is 30.4 Å². The fourth-order valence-electron chi connectivity index (χ4n) is 2.73. The molecule has 7 heteroatoms. The zero-order valence-corrected chi connectivity index (χ0v) is 12.8. The number of hydrogen-bond acceptors (Lipinski definition) is 5. The van der Waals surface area contributed by atoms with Crippen LogP contribution in [0, 0.1) is 6.92 Å². The molecule has 4 rings (SSSR count). The van der Waals surface area contributed by atoms with Crippen molar-refractivity contribution >= 4 is 34.0 Å². The molecule has 0 aliphatic rings. The summed E-state index contributed by atoms with van der Waals surface area (Å²) < 4.78 is 1.79. The molecule has 0 fully saturated rings. The minimum Gasteiger partial charge on any atom is -0.478 e. The van der Waals surface area contributed by atoms with Crippen LogP contribution in [-0.2, 0) is 0 Å². The molecule has 4 aromatic heterocycles. The topological polar surface area (TPSA) is 92.4 Å². The Balaban J connectivity index is 2.00. The third kappa shape index (κ3) is 2.23. The van der Waals surface area contributed by atoms with Crippen LogP contribution < -0.4 is 5.32 Å². The van der Waals surface area contributed by atoms with Crippen LogP contribution in [0.25, 0.3) is 16.6 Å². The fraction of sp³-hybridized carbons (Fsp3) is 0.0588. The van der Waals surface area contributed by atoms with Gasteiger partial charge in [-0.15, -0.1) is 0 Å². The number of carbonyl (C=O) groups is 1. The van der Waals surface area contributed by atoms with Crippen LogP contribution in [0.5, 0.6) is 0 Å². The fourth-order valence-corrected chi connectivity index (χ4v) is 2.73. The molecule has 4 aromatic rings. The number of carboxylic acids is 1. The van der Waals surface area contributed by atoms with Crippen LogP contribution in [0.2, 0.25) is 0 Å². The van der Waals surface area contributed by atoms with E-state index in [1.54, 1.807) is 41.3 Å².